The van der Waals surface area contributed by atoms with Gasteiger partial charge in [-0.2, -0.15) is 0 Å². The van der Waals surface area contributed by atoms with Crippen LogP contribution in [0.25, 0.3) is 11.1 Å². The molecule has 2 nitrogen and oxygen atoms in total. The molecule has 0 unspecified atom stereocenters. The molecule has 4 aromatic rings. The highest BCUT2D eigenvalue weighted by atomic mass is 16.4. The van der Waals surface area contributed by atoms with Gasteiger partial charge in [-0.05, 0) is 90.0 Å². The van der Waals surface area contributed by atoms with E-state index in [9.17, 15) is 0 Å². The van der Waals surface area contributed by atoms with Gasteiger partial charge in [0.15, 0.2) is 0 Å². The lowest BCUT2D eigenvalue weighted by Crippen LogP contribution is -2.56. The third-order valence-corrected chi connectivity index (χ3v) is 9.89. The molecule has 0 amide bonds. The van der Waals surface area contributed by atoms with Crippen LogP contribution in [0, 0.1) is 0 Å². The molecule has 39 heavy (non-hydrogen) atoms. The van der Waals surface area contributed by atoms with Gasteiger partial charge in [-0.25, -0.2) is 0 Å². The Morgan fingerprint density at radius 3 is 2.03 bits per heavy atom. The van der Waals surface area contributed by atoms with E-state index < -0.39 is 0 Å². The SMILES string of the molecule is c1ccc2c(c1)OB1c3cc(C4CCCCC4)ccc3N(c3ccc(C4CCCCC4)cc3)c3cccc-2c31. The van der Waals surface area contributed by atoms with Crippen molar-refractivity contribution in [3.05, 3.63) is 96.1 Å². The first-order valence-corrected chi connectivity index (χ1v) is 15.3. The lowest BCUT2D eigenvalue weighted by molar-refractivity contribution is 0.443. The second-order valence-electron chi connectivity index (χ2n) is 12.1. The van der Waals surface area contributed by atoms with Crippen molar-refractivity contribution >= 4 is 34.9 Å². The maximum atomic E-state index is 6.86. The second-order valence-corrected chi connectivity index (χ2v) is 12.1. The van der Waals surface area contributed by atoms with E-state index >= 15 is 0 Å². The van der Waals surface area contributed by atoms with Crippen molar-refractivity contribution in [2.75, 3.05) is 4.90 Å². The van der Waals surface area contributed by atoms with Crippen LogP contribution in [-0.4, -0.2) is 6.92 Å². The number of hydrogen-bond donors (Lipinski definition) is 0. The molecule has 0 N–H and O–H groups in total. The van der Waals surface area contributed by atoms with Crippen molar-refractivity contribution in [1.82, 2.24) is 0 Å². The Bertz CT molecular complexity index is 1510. The van der Waals surface area contributed by atoms with E-state index in [1.165, 1.54) is 114 Å². The summed E-state index contributed by atoms with van der Waals surface area (Å²) < 4.78 is 6.86. The highest BCUT2D eigenvalue weighted by molar-refractivity contribution is 6.85. The fourth-order valence-corrected chi connectivity index (χ4v) is 7.87. The van der Waals surface area contributed by atoms with E-state index in [0.717, 1.165) is 11.7 Å². The first-order chi connectivity index (χ1) is 19.3. The summed E-state index contributed by atoms with van der Waals surface area (Å²) in [5.74, 6) is 2.38. The first kappa shape index (κ1) is 23.4. The van der Waals surface area contributed by atoms with E-state index in [1.54, 1.807) is 0 Å². The predicted octanol–water partition coefficient (Wildman–Crippen LogP) is 8.73. The topological polar surface area (TPSA) is 12.5 Å². The third-order valence-electron chi connectivity index (χ3n) is 9.89. The minimum atomic E-state index is -0.0811. The molecule has 194 valence electrons. The van der Waals surface area contributed by atoms with Gasteiger partial charge in [0, 0.05) is 28.1 Å². The van der Waals surface area contributed by atoms with Gasteiger partial charge in [-0.15, -0.1) is 0 Å². The van der Waals surface area contributed by atoms with E-state index in [0.29, 0.717) is 5.92 Å². The van der Waals surface area contributed by atoms with Crippen molar-refractivity contribution in [2.24, 2.45) is 0 Å². The van der Waals surface area contributed by atoms with Crippen LogP contribution in [0.3, 0.4) is 0 Å². The number of benzene rings is 4. The summed E-state index contributed by atoms with van der Waals surface area (Å²) in [4.78, 5) is 2.50. The molecule has 0 spiro atoms. The van der Waals surface area contributed by atoms with Crippen molar-refractivity contribution in [2.45, 2.75) is 76.0 Å². The monoisotopic (exact) mass is 509 g/mol. The molecule has 0 atom stereocenters. The number of fused-ring (bicyclic) bond motifs is 4. The van der Waals surface area contributed by atoms with Gasteiger partial charge < -0.3 is 9.55 Å². The molecule has 2 heterocycles. The molecule has 0 saturated heterocycles. The van der Waals surface area contributed by atoms with Crippen LogP contribution in [0.4, 0.5) is 17.1 Å². The highest BCUT2D eigenvalue weighted by Crippen LogP contribution is 2.44. The van der Waals surface area contributed by atoms with E-state index in [4.69, 9.17) is 4.65 Å². The van der Waals surface area contributed by atoms with Crippen LogP contribution in [-0.2, 0) is 0 Å². The molecule has 2 fully saturated rings. The van der Waals surface area contributed by atoms with Crippen molar-refractivity contribution in [1.29, 1.82) is 0 Å². The number of hydrogen-bond acceptors (Lipinski definition) is 2. The zero-order valence-corrected chi connectivity index (χ0v) is 22.7. The Morgan fingerprint density at radius 2 is 1.26 bits per heavy atom. The molecule has 4 aliphatic rings. The lowest BCUT2D eigenvalue weighted by Gasteiger charge is -2.40. The van der Waals surface area contributed by atoms with Gasteiger partial charge in [0.05, 0.1) is 0 Å². The molecule has 3 heteroatoms. The van der Waals surface area contributed by atoms with E-state index in [-0.39, 0.29) is 6.92 Å². The Kier molecular flexibility index (Phi) is 5.78. The summed E-state index contributed by atoms with van der Waals surface area (Å²) in [6, 6.07) is 32.2. The van der Waals surface area contributed by atoms with Gasteiger partial charge in [0.25, 0.3) is 0 Å². The van der Waals surface area contributed by atoms with E-state index in [2.05, 4.69) is 89.8 Å². The number of nitrogens with zero attached hydrogens (tertiary/aromatic N) is 1. The zero-order chi connectivity index (χ0) is 25.8. The normalized spacial score (nSPS) is 18.7. The fourth-order valence-electron chi connectivity index (χ4n) is 7.87. The molecule has 2 aliphatic carbocycles. The van der Waals surface area contributed by atoms with Gasteiger partial charge >= 0.3 is 6.92 Å². The minimum Gasteiger partial charge on any atom is -0.551 e. The maximum absolute atomic E-state index is 6.86. The Balaban J connectivity index is 1.28. The van der Waals surface area contributed by atoms with Crippen LogP contribution in [0.5, 0.6) is 5.75 Å². The second kappa shape index (κ2) is 9.63. The van der Waals surface area contributed by atoms with Crippen LogP contribution >= 0.6 is 0 Å². The Hall–Kier alpha value is -3.46. The summed E-state index contributed by atoms with van der Waals surface area (Å²) >= 11 is 0. The molecule has 2 aliphatic heterocycles. The molecule has 0 bridgehead atoms. The molecule has 4 aromatic carbocycles. The molecule has 0 aromatic heterocycles. The van der Waals surface area contributed by atoms with Crippen molar-refractivity contribution in [3.63, 3.8) is 0 Å². The number of rotatable bonds is 3. The van der Waals surface area contributed by atoms with E-state index in [1.807, 2.05) is 0 Å². The van der Waals surface area contributed by atoms with Crippen LogP contribution < -0.4 is 20.5 Å². The van der Waals surface area contributed by atoms with Crippen LogP contribution in [0.15, 0.2) is 84.9 Å². The number of para-hydroxylation sites is 1. The van der Waals surface area contributed by atoms with Crippen molar-refractivity contribution < 1.29 is 4.65 Å². The smallest absolute Gasteiger partial charge is 0.431 e. The van der Waals surface area contributed by atoms with Crippen LogP contribution in [0.1, 0.15) is 87.2 Å². The molecule has 2 saturated carbocycles. The minimum absolute atomic E-state index is 0.0811. The molecular weight excluding hydrogens is 473 g/mol. The standard InChI is InChI=1S/C36H36BNO/c1-3-10-25(11-4-1)27-18-21-29(22-19-27)38-33-23-20-28(26-12-5-2-6-13-26)24-32(33)37-36-31(15-9-16-34(36)38)30-14-7-8-17-35(30)39-37/h7-9,14-26H,1-6,10-13H2. The fraction of sp³-hybridized carbons (Fsp3) is 0.333. The molecular formula is C36H36BNO. The summed E-state index contributed by atoms with van der Waals surface area (Å²) in [5, 5.41) is 0. The average Bonchev–Trinajstić information content (AvgIpc) is 3.02. The lowest BCUT2D eigenvalue weighted by atomic mass is 9.49. The quantitative estimate of drug-likeness (QED) is 0.256. The van der Waals surface area contributed by atoms with Gasteiger partial charge in [0.1, 0.15) is 5.75 Å². The largest absolute Gasteiger partial charge is 0.551 e. The summed E-state index contributed by atoms with van der Waals surface area (Å²) in [6.45, 7) is -0.0811. The Morgan fingerprint density at radius 1 is 0.590 bits per heavy atom. The van der Waals surface area contributed by atoms with Crippen molar-refractivity contribution in [3.8, 4) is 16.9 Å². The molecule has 8 rings (SSSR count). The van der Waals surface area contributed by atoms with Gasteiger partial charge in [0.2, 0.25) is 0 Å². The Labute approximate surface area is 233 Å². The van der Waals surface area contributed by atoms with Gasteiger partial charge in [-0.3, -0.25) is 0 Å². The predicted molar refractivity (Wildman–Crippen MR) is 164 cm³/mol. The molecule has 0 radical (unpaired) electrons. The summed E-state index contributed by atoms with van der Waals surface area (Å²) in [6.07, 6.45) is 13.5. The van der Waals surface area contributed by atoms with Crippen LogP contribution in [0.2, 0.25) is 0 Å². The number of anilines is 3. The highest BCUT2D eigenvalue weighted by Gasteiger charge is 2.42. The average molecular weight is 510 g/mol. The first-order valence-electron chi connectivity index (χ1n) is 15.3. The maximum Gasteiger partial charge on any atom is 0.431 e. The summed E-state index contributed by atoms with van der Waals surface area (Å²) in [7, 11) is 0. The zero-order valence-electron chi connectivity index (χ0n) is 22.7. The van der Waals surface area contributed by atoms with Gasteiger partial charge in [-0.1, -0.05) is 93.1 Å². The summed E-state index contributed by atoms with van der Waals surface area (Å²) in [5.41, 5.74) is 11.9. The third kappa shape index (κ3) is 3.93.